The Morgan fingerprint density at radius 3 is 2.53 bits per heavy atom. The Morgan fingerprint density at radius 2 is 2.00 bits per heavy atom. The van der Waals surface area contributed by atoms with Crippen molar-refractivity contribution in [1.82, 2.24) is 0 Å². The lowest BCUT2D eigenvalue weighted by Crippen LogP contribution is -2.63. The Morgan fingerprint density at radius 1 is 1.35 bits per heavy atom. The van der Waals surface area contributed by atoms with Gasteiger partial charge in [0.15, 0.2) is 8.32 Å². The smallest absolute Gasteiger partial charge is 0.311 e. The minimum Gasteiger partial charge on any atom is -0.469 e. The third kappa shape index (κ3) is 2.06. The molecule has 0 spiro atoms. The first-order valence-corrected chi connectivity index (χ1v) is 9.96. The van der Waals surface area contributed by atoms with Gasteiger partial charge in [0.25, 0.3) is 0 Å². The molecular weight excluding hydrogens is 232 g/mol. The molecule has 0 aliphatic heterocycles. The fourth-order valence-electron chi connectivity index (χ4n) is 3.68. The number of hydrogen-bond acceptors (Lipinski definition) is 3. The molecule has 2 aliphatic carbocycles. The van der Waals surface area contributed by atoms with Crippen molar-refractivity contribution < 1.29 is 14.0 Å². The number of fused-ring (bicyclic) bond motifs is 1. The van der Waals surface area contributed by atoms with Crippen LogP contribution in [0.1, 0.15) is 26.2 Å². The van der Waals surface area contributed by atoms with Gasteiger partial charge in [-0.3, -0.25) is 4.79 Å². The van der Waals surface area contributed by atoms with E-state index in [0.29, 0.717) is 5.92 Å². The number of carbonyl (C=O) groups excluding carboxylic acids is 1. The fraction of sp³-hybridized carbons (Fsp3) is 0.923. The number of hydrogen-bond donors (Lipinski definition) is 0. The predicted molar refractivity (Wildman–Crippen MR) is 69.2 cm³/mol. The Kier molecular flexibility index (Phi) is 3.15. The summed E-state index contributed by atoms with van der Waals surface area (Å²) >= 11 is 0. The molecule has 2 saturated carbocycles. The second-order valence-corrected chi connectivity index (χ2v) is 11.2. The van der Waals surface area contributed by atoms with Crippen LogP contribution in [0.25, 0.3) is 0 Å². The van der Waals surface area contributed by atoms with Gasteiger partial charge in [0, 0.05) is 0 Å². The molecule has 0 bridgehead atoms. The summed E-state index contributed by atoms with van der Waals surface area (Å²) < 4.78 is 11.2. The third-order valence-electron chi connectivity index (χ3n) is 4.44. The maximum Gasteiger partial charge on any atom is 0.311 e. The van der Waals surface area contributed by atoms with Crippen molar-refractivity contribution in [2.24, 2.45) is 17.3 Å². The minimum atomic E-state index is -1.61. The Balaban J connectivity index is 2.18. The van der Waals surface area contributed by atoms with Gasteiger partial charge in [0.2, 0.25) is 0 Å². The highest BCUT2D eigenvalue weighted by molar-refractivity contribution is 6.69. The van der Waals surface area contributed by atoms with Gasteiger partial charge in [0.05, 0.1) is 19.1 Å². The number of esters is 1. The molecule has 0 saturated heterocycles. The van der Waals surface area contributed by atoms with Crippen LogP contribution in [0.15, 0.2) is 0 Å². The van der Waals surface area contributed by atoms with Crippen LogP contribution in [-0.2, 0) is 14.0 Å². The van der Waals surface area contributed by atoms with Crippen LogP contribution in [0.5, 0.6) is 0 Å². The second-order valence-electron chi connectivity index (χ2n) is 6.70. The molecule has 0 amide bonds. The monoisotopic (exact) mass is 256 g/mol. The lowest BCUT2D eigenvalue weighted by Gasteiger charge is -2.56. The Hall–Kier alpha value is -0.353. The average molecular weight is 256 g/mol. The predicted octanol–water partition coefficient (Wildman–Crippen LogP) is 2.82. The lowest BCUT2D eigenvalue weighted by atomic mass is 9.54. The maximum atomic E-state index is 11.9. The van der Waals surface area contributed by atoms with Gasteiger partial charge >= 0.3 is 5.97 Å². The van der Waals surface area contributed by atoms with E-state index in [2.05, 4.69) is 26.6 Å². The SMILES string of the molecule is COC(=O)[C@@H]1[C@@H]2CCC[C@@]2(C)[C@H]1O[Si](C)(C)C. The summed E-state index contributed by atoms with van der Waals surface area (Å²) in [6, 6.07) is 0. The number of rotatable bonds is 3. The van der Waals surface area contributed by atoms with Crippen LogP contribution in [-0.4, -0.2) is 27.5 Å². The summed E-state index contributed by atoms with van der Waals surface area (Å²) in [6.07, 6.45) is 3.66. The molecule has 0 radical (unpaired) electrons. The van der Waals surface area contributed by atoms with Crippen molar-refractivity contribution in [3.8, 4) is 0 Å². The van der Waals surface area contributed by atoms with E-state index in [1.165, 1.54) is 20.0 Å². The highest BCUT2D eigenvalue weighted by atomic mass is 28.4. The highest BCUT2D eigenvalue weighted by Gasteiger charge is 2.65. The molecule has 0 aromatic carbocycles. The zero-order chi connectivity index (χ0) is 12.8. The third-order valence-corrected chi connectivity index (χ3v) is 5.40. The topological polar surface area (TPSA) is 35.5 Å². The highest BCUT2D eigenvalue weighted by Crippen LogP contribution is 2.62. The quantitative estimate of drug-likeness (QED) is 0.575. The van der Waals surface area contributed by atoms with E-state index >= 15 is 0 Å². The van der Waals surface area contributed by atoms with Gasteiger partial charge in [-0.1, -0.05) is 13.3 Å². The van der Waals surface area contributed by atoms with Gasteiger partial charge in [-0.05, 0) is 43.8 Å². The first kappa shape index (κ1) is 13.1. The first-order valence-electron chi connectivity index (χ1n) is 6.55. The zero-order valence-corrected chi connectivity index (χ0v) is 12.6. The fourth-order valence-corrected chi connectivity index (χ4v) is 4.85. The molecular formula is C13H24O3Si. The molecule has 0 N–H and O–H groups in total. The van der Waals surface area contributed by atoms with Crippen LogP contribution in [0.2, 0.25) is 19.6 Å². The second kappa shape index (κ2) is 4.09. The van der Waals surface area contributed by atoms with Gasteiger partial charge in [-0.2, -0.15) is 0 Å². The molecule has 98 valence electrons. The van der Waals surface area contributed by atoms with E-state index in [9.17, 15) is 4.79 Å². The van der Waals surface area contributed by atoms with E-state index in [1.54, 1.807) is 0 Å². The van der Waals surface area contributed by atoms with E-state index in [0.717, 1.165) is 6.42 Å². The van der Waals surface area contributed by atoms with Crippen LogP contribution in [0.4, 0.5) is 0 Å². The largest absolute Gasteiger partial charge is 0.469 e. The van der Waals surface area contributed by atoms with Crippen LogP contribution < -0.4 is 0 Å². The van der Waals surface area contributed by atoms with Crippen molar-refractivity contribution in [2.45, 2.75) is 51.9 Å². The molecule has 0 aromatic rings. The van der Waals surface area contributed by atoms with Crippen molar-refractivity contribution in [1.29, 1.82) is 0 Å². The zero-order valence-electron chi connectivity index (χ0n) is 11.6. The summed E-state index contributed by atoms with van der Waals surface area (Å²) in [5.41, 5.74) is 0.221. The first-order chi connectivity index (χ1) is 7.79. The van der Waals surface area contributed by atoms with Gasteiger partial charge in [-0.15, -0.1) is 0 Å². The maximum absolute atomic E-state index is 11.9. The number of ether oxygens (including phenoxy) is 1. The van der Waals surface area contributed by atoms with Gasteiger partial charge < -0.3 is 9.16 Å². The summed E-state index contributed by atoms with van der Waals surface area (Å²) in [7, 11) is -0.120. The van der Waals surface area contributed by atoms with Crippen molar-refractivity contribution in [3.63, 3.8) is 0 Å². The molecule has 4 atom stereocenters. The average Bonchev–Trinajstić information content (AvgIpc) is 2.54. The molecule has 2 rings (SSSR count). The van der Waals surface area contributed by atoms with Gasteiger partial charge in [0.1, 0.15) is 0 Å². The van der Waals surface area contributed by atoms with Crippen molar-refractivity contribution in [3.05, 3.63) is 0 Å². The molecule has 2 fully saturated rings. The van der Waals surface area contributed by atoms with E-state index in [1.807, 2.05) is 0 Å². The molecule has 0 heterocycles. The minimum absolute atomic E-state index is 0.0146. The molecule has 2 aliphatic rings. The summed E-state index contributed by atoms with van der Waals surface area (Å²) in [5, 5.41) is 0. The van der Waals surface area contributed by atoms with E-state index in [-0.39, 0.29) is 23.4 Å². The normalized spacial score (nSPS) is 40.6. The Labute approximate surface area is 105 Å². The molecule has 4 heteroatoms. The molecule has 17 heavy (non-hydrogen) atoms. The summed E-state index contributed by atoms with van der Waals surface area (Å²) in [4.78, 5) is 11.9. The number of carbonyl (C=O) groups is 1. The number of methoxy groups -OCH3 is 1. The standard InChI is InChI=1S/C13H24O3Si/c1-13-8-6-7-9(13)10(12(14)15-2)11(13)16-17(3,4)5/h9-11H,6-8H2,1-5H3/t9-,10+,11-,13+/m0/s1. The molecule has 0 aromatic heterocycles. The van der Waals surface area contributed by atoms with Crippen molar-refractivity contribution >= 4 is 14.3 Å². The molecule has 3 nitrogen and oxygen atoms in total. The summed E-state index contributed by atoms with van der Waals surface area (Å²) in [6.45, 7) is 8.85. The lowest BCUT2D eigenvalue weighted by molar-refractivity contribution is -0.185. The van der Waals surface area contributed by atoms with Crippen LogP contribution >= 0.6 is 0 Å². The van der Waals surface area contributed by atoms with Crippen LogP contribution in [0.3, 0.4) is 0 Å². The Bertz CT molecular complexity index is 323. The van der Waals surface area contributed by atoms with Gasteiger partial charge in [-0.25, -0.2) is 0 Å². The molecule has 0 unspecified atom stereocenters. The van der Waals surface area contributed by atoms with E-state index in [4.69, 9.17) is 9.16 Å². The van der Waals surface area contributed by atoms with Crippen LogP contribution in [0, 0.1) is 17.3 Å². The van der Waals surface area contributed by atoms with E-state index < -0.39 is 8.32 Å². The van der Waals surface area contributed by atoms with Crippen molar-refractivity contribution in [2.75, 3.05) is 7.11 Å². The summed E-state index contributed by atoms with van der Waals surface area (Å²) in [5.74, 6) is 0.396.